The Bertz CT molecular complexity index is 956. The van der Waals surface area contributed by atoms with Crippen LogP contribution in [0.15, 0.2) is 59.7 Å². The molecule has 0 heterocycles. The quantitative estimate of drug-likeness (QED) is 0.436. The Labute approximate surface area is 170 Å². The lowest BCUT2D eigenvalue weighted by molar-refractivity contribution is -0.385. The van der Waals surface area contributed by atoms with Crippen LogP contribution >= 0.6 is 0 Å². The SMILES string of the molecule is CC(C)(C)c1ccc([C@@H]2C[C@@H]2C(=O)N/N=C/C=C/c2ccccc2[N+](=O)[O-])cc1. The van der Waals surface area contributed by atoms with Crippen molar-refractivity contribution >= 4 is 23.9 Å². The molecule has 2 atom stereocenters. The van der Waals surface area contributed by atoms with Crippen molar-refractivity contribution in [2.24, 2.45) is 11.0 Å². The Morgan fingerprint density at radius 2 is 1.86 bits per heavy atom. The van der Waals surface area contributed by atoms with Gasteiger partial charge in [0.25, 0.3) is 5.69 Å². The zero-order valence-corrected chi connectivity index (χ0v) is 16.8. The standard InChI is InChI=1S/C23H25N3O3/c1-23(2,3)18-12-10-16(11-13-18)19-15-20(19)22(27)25-24-14-6-8-17-7-4-5-9-21(17)26(28)29/h4-14,19-20H,15H2,1-3H3,(H,25,27)/b8-6+,24-14+/t19-,20-/m0/s1. The van der Waals surface area contributed by atoms with E-state index in [-0.39, 0.29) is 28.8 Å². The number of rotatable bonds is 6. The molecule has 1 aliphatic carbocycles. The first-order chi connectivity index (χ1) is 13.8. The molecule has 1 fully saturated rings. The zero-order chi connectivity index (χ0) is 21.0. The summed E-state index contributed by atoms with van der Waals surface area (Å²) >= 11 is 0. The van der Waals surface area contributed by atoms with Crippen molar-refractivity contribution in [2.75, 3.05) is 0 Å². The van der Waals surface area contributed by atoms with E-state index in [0.717, 1.165) is 6.42 Å². The molecule has 0 saturated heterocycles. The van der Waals surface area contributed by atoms with Crippen LogP contribution in [-0.2, 0) is 10.2 Å². The van der Waals surface area contributed by atoms with Crippen molar-refractivity contribution in [1.29, 1.82) is 0 Å². The highest BCUT2D eigenvalue weighted by Gasteiger charge is 2.43. The van der Waals surface area contributed by atoms with Gasteiger partial charge in [0, 0.05) is 18.2 Å². The third kappa shape index (κ3) is 5.16. The van der Waals surface area contributed by atoms with Crippen LogP contribution in [0.1, 0.15) is 49.8 Å². The number of carbonyl (C=O) groups is 1. The van der Waals surface area contributed by atoms with Crippen molar-refractivity contribution in [3.8, 4) is 0 Å². The summed E-state index contributed by atoms with van der Waals surface area (Å²) in [6, 6.07) is 14.9. The van der Waals surface area contributed by atoms with Gasteiger partial charge in [-0.1, -0.05) is 57.2 Å². The lowest BCUT2D eigenvalue weighted by Crippen LogP contribution is -2.19. The largest absolute Gasteiger partial charge is 0.276 e. The number of nitrogens with zero attached hydrogens (tertiary/aromatic N) is 2. The van der Waals surface area contributed by atoms with Crippen molar-refractivity contribution in [1.82, 2.24) is 5.43 Å². The van der Waals surface area contributed by atoms with Gasteiger partial charge in [-0.25, -0.2) is 5.43 Å². The second kappa shape index (κ2) is 8.39. The van der Waals surface area contributed by atoms with Gasteiger partial charge < -0.3 is 0 Å². The molecule has 1 amide bonds. The highest BCUT2D eigenvalue weighted by Crippen LogP contribution is 2.47. The van der Waals surface area contributed by atoms with Crippen molar-refractivity contribution < 1.29 is 9.72 Å². The van der Waals surface area contributed by atoms with Crippen LogP contribution in [0, 0.1) is 16.0 Å². The average molecular weight is 391 g/mol. The molecule has 1 aliphatic rings. The third-order valence-corrected chi connectivity index (χ3v) is 5.08. The summed E-state index contributed by atoms with van der Waals surface area (Å²) in [5.41, 5.74) is 5.63. The summed E-state index contributed by atoms with van der Waals surface area (Å²) in [7, 11) is 0. The van der Waals surface area contributed by atoms with Gasteiger partial charge in [0.15, 0.2) is 0 Å². The molecule has 0 aromatic heterocycles. The first-order valence-electron chi connectivity index (χ1n) is 9.61. The minimum atomic E-state index is -0.431. The number of allylic oxidation sites excluding steroid dienone is 1. The van der Waals surface area contributed by atoms with Gasteiger partial charge in [-0.2, -0.15) is 5.10 Å². The fraction of sp³-hybridized carbons (Fsp3) is 0.304. The average Bonchev–Trinajstić information content (AvgIpc) is 3.48. The molecule has 6 nitrogen and oxygen atoms in total. The maximum Gasteiger partial charge on any atom is 0.276 e. The number of carbonyl (C=O) groups excluding carboxylic acids is 1. The summed E-state index contributed by atoms with van der Waals surface area (Å²) in [6.45, 7) is 6.54. The molecule has 0 radical (unpaired) electrons. The normalized spacial score (nSPS) is 18.9. The van der Waals surface area contributed by atoms with E-state index in [4.69, 9.17) is 0 Å². The number of amides is 1. The number of hydrogen-bond donors (Lipinski definition) is 1. The number of para-hydroxylation sites is 1. The zero-order valence-electron chi connectivity index (χ0n) is 16.8. The fourth-order valence-electron chi connectivity index (χ4n) is 3.25. The minimum absolute atomic E-state index is 0.0273. The van der Waals surface area contributed by atoms with E-state index in [0.29, 0.717) is 5.56 Å². The highest BCUT2D eigenvalue weighted by atomic mass is 16.6. The topological polar surface area (TPSA) is 84.6 Å². The molecule has 0 unspecified atom stereocenters. The Balaban J connectivity index is 1.51. The van der Waals surface area contributed by atoms with Crippen LogP contribution in [-0.4, -0.2) is 17.0 Å². The van der Waals surface area contributed by atoms with Crippen LogP contribution in [0.4, 0.5) is 5.69 Å². The molecule has 3 rings (SSSR count). The first kappa shape index (κ1) is 20.5. The van der Waals surface area contributed by atoms with Gasteiger partial charge in [-0.3, -0.25) is 14.9 Å². The molecule has 150 valence electrons. The Morgan fingerprint density at radius 1 is 1.17 bits per heavy atom. The molecule has 0 aliphatic heterocycles. The van der Waals surface area contributed by atoms with E-state index in [2.05, 4.69) is 55.6 Å². The van der Waals surface area contributed by atoms with E-state index < -0.39 is 4.92 Å². The third-order valence-electron chi connectivity index (χ3n) is 5.08. The smallest absolute Gasteiger partial charge is 0.273 e. The number of nitro groups is 1. The van der Waals surface area contributed by atoms with Gasteiger partial charge in [-0.15, -0.1) is 0 Å². The molecule has 1 saturated carbocycles. The summed E-state index contributed by atoms with van der Waals surface area (Å²) in [6.07, 6.45) is 5.40. The minimum Gasteiger partial charge on any atom is -0.273 e. The van der Waals surface area contributed by atoms with Crippen LogP contribution < -0.4 is 5.43 Å². The van der Waals surface area contributed by atoms with Gasteiger partial charge >= 0.3 is 0 Å². The number of benzene rings is 2. The van der Waals surface area contributed by atoms with Gasteiger partial charge in [0.05, 0.1) is 10.5 Å². The molecule has 29 heavy (non-hydrogen) atoms. The number of hydrazone groups is 1. The van der Waals surface area contributed by atoms with E-state index in [1.165, 1.54) is 23.4 Å². The lowest BCUT2D eigenvalue weighted by atomic mass is 9.86. The maximum absolute atomic E-state index is 12.3. The van der Waals surface area contributed by atoms with E-state index >= 15 is 0 Å². The van der Waals surface area contributed by atoms with Gasteiger partial charge in [0.2, 0.25) is 5.91 Å². The molecule has 0 bridgehead atoms. The monoisotopic (exact) mass is 391 g/mol. The first-order valence-corrected chi connectivity index (χ1v) is 9.61. The summed E-state index contributed by atoms with van der Waals surface area (Å²) < 4.78 is 0. The second-order valence-corrected chi connectivity index (χ2v) is 8.25. The van der Waals surface area contributed by atoms with Crippen LogP contribution in [0.3, 0.4) is 0 Å². The van der Waals surface area contributed by atoms with Gasteiger partial charge in [0.1, 0.15) is 0 Å². The number of nitrogens with one attached hydrogen (secondary N) is 1. The van der Waals surface area contributed by atoms with Crippen LogP contribution in [0.5, 0.6) is 0 Å². The molecule has 6 heteroatoms. The summed E-state index contributed by atoms with van der Waals surface area (Å²) in [5, 5.41) is 14.9. The maximum atomic E-state index is 12.3. The molecule has 0 spiro atoms. The predicted octanol–water partition coefficient (Wildman–Crippen LogP) is 4.81. The highest BCUT2D eigenvalue weighted by molar-refractivity contribution is 5.85. The van der Waals surface area contributed by atoms with Crippen LogP contribution in [0.2, 0.25) is 0 Å². The second-order valence-electron chi connectivity index (χ2n) is 8.25. The molecule has 1 N–H and O–H groups in total. The summed E-state index contributed by atoms with van der Waals surface area (Å²) in [4.78, 5) is 22.8. The fourth-order valence-corrected chi connectivity index (χ4v) is 3.25. The predicted molar refractivity (Wildman–Crippen MR) is 115 cm³/mol. The number of hydrogen-bond acceptors (Lipinski definition) is 4. The van der Waals surface area contributed by atoms with E-state index in [9.17, 15) is 14.9 Å². The molecular weight excluding hydrogens is 366 g/mol. The van der Waals surface area contributed by atoms with E-state index in [1.54, 1.807) is 30.4 Å². The molecule has 2 aromatic carbocycles. The molecular formula is C23H25N3O3. The Kier molecular flexibility index (Phi) is 5.92. The Hall–Kier alpha value is -3.28. The van der Waals surface area contributed by atoms with Gasteiger partial charge in [-0.05, 0) is 47.1 Å². The van der Waals surface area contributed by atoms with Crippen molar-refractivity contribution in [3.63, 3.8) is 0 Å². The molecule has 2 aromatic rings. The lowest BCUT2D eigenvalue weighted by Gasteiger charge is -2.19. The van der Waals surface area contributed by atoms with Crippen LogP contribution in [0.25, 0.3) is 6.08 Å². The van der Waals surface area contributed by atoms with Crippen molar-refractivity contribution in [2.45, 2.75) is 38.5 Å². The summed E-state index contributed by atoms with van der Waals surface area (Å²) in [5.74, 6) is 0.0683. The van der Waals surface area contributed by atoms with Crippen molar-refractivity contribution in [3.05, 3.63) is 81.4 Å². The van der Waals surface area contributed by atoms with E-state index in [1.807, 2.05) is 0 Å². The Morgan fingerprint density at radius 3 is 2.52 bits per heavy atom. The number of nitro benzene ring substituents is 1.